The third-order valence-electron chi connectivity index (χ3n) is 2.95. The lowest BCUT2D eigenvalue weighted by molar-refractivity contribution is 0.442. The molecule has 0 spiro atoms. The standard InChI is InChI=1S/C16H11BrClFN2OS/c17-10-2-1-3-12(6-10)22-15-5-4-11(7-14(15)19)20-8-13-9-21-16(18)23-13/h1-7,9,20H,8H2. The minimum atomic E-state index is -0.433. The number of benzene rings is 2. The summed E-state index contributed by atoms with van der Waals surface area (Å²) in [6, 6.07) is 12.0. The van der Waals surface area contributed by atoms with Gasteiger partial charge < -0.3 is 10.1 Å². The van der Waals surface area contributed by atoms with E-state index in [0.29, 0.717) is 22.4 Å². The summed E-state index contributed by atoms with van der Waals surface area (Å²) in [5, 5.41) is 3.12. The lowest BCUT2D eigenvalue weighted by atomic mass is 10.2. The number of ether oxygens (including phenoxy) is 1. The predicted molar refractivity (Wildman–Crippen MR) is 95.1 cm³/mol. The molecule has 0 unspecified atom stereocenters. The van der Waals surface area contributed by atoms with Crippen molar-refractivity contribution in [3.8, 4) is 11.5 Å². The second kappa shape index (κ2) is 7.29. The Morgan fingerprint density at radius 3 is 2.83 bits per heavy atom. The van der Waals surface area contributed by atoms with Crippen molar-refractivity contribution in [1.82, 2.24) is 4.98 Å². The Labute approximate surface area is 150 Å². The molecule has 0 saturated carbocycles. The fourth-order valence-electron chi connectivity index (χ4n) is 1.91. The van der Waals surface area contributed by atoms with Gasteiger partial charge in [-0.1, -0.05) is 33.6 Å². The van der Waals surface area contributed by atoms with E-state index < -0.39 is 5.82 Å². The Hall–Kier alpha value is -1.63. The smallest absolute Gasteiger partial charge is 0.183 e. The zero-order chi connectivity index (χ0) is 16.2. The number of hydrogen-bond donors (Lipinski definition) is 1. The zero-order valence-electron chi connectivity index (χ0n) is 11.7. The Bertz CT molecular complexity index is 827. The fraction of sp³-hybridized carbons (Fsp3) is 0.0625. The average molecular weight is 414 g/mol. The number of hydrogen-bond acceptors (Lipinski definition) is 4. The SMILES string of the molecule is Fc1cc(NCc2cnc(Cl)s2)ccc1Oc1cccc(Br)c1. The Morgan fingerprint density at radius 1 is 1.26 bits per heavy atom. The monoisotopic (exact) mass is 412 g/mol. The summed E-state index contributed by atoms with van der Waals surface area (Å²) in [6.45, 7) is 0.537. The van der Waals surface area contributed by atoms with Gasteiger partial charge in [0, 0.05) is 27.3 Å². The molecule has 7 heteroatoms. The van der Waals surface area contributed by atoms with E-state index in [-0.39, 0.29) is 5.75 Å². The van der Waals surface area contributed by atoms with E-state index in [4.69, 9.17) is 16.3 Å². The first-order chi connectivity index (χ1) is 11.1. The molecule has 2 aromatic carbocycles. The van der Waals surface area contributed by atoms with Crippen molar-refractivity contribution in [3.05, 3.63) is 68.3 Å². The molecule has 0 aliphatic heterocycles. The summed E-state index contributed by atoms with van der Waals surface area (Å²) in [5.41, 5.74) is 0.661. The average Bonchev–Trinajstić information content (AvgIpc) is 2.93. The molecule has 1 heterocycles. The minimum absolute atomic E-state index is 0.175. The number of aromatic nitrogens is 1. The maximum Gasteiger partial charge on any atom is 0.183 e. The van der Waals surface area contributed by atoms with Crippen LogP contribution in [0.3, 0.4) is 0 Å². The van der Waals surface area contributed by atoms with Gasteiger partial charge in [0.25, 0.3) is 0 Å². The van der Waals surface area contributed by atoms with Gasteiger partial charge in [-0.2, -0.15) is 0 Å². The number of nitrogens with one attached hydrogen (secondary N) is 1. The molecule has 1 N–H and O–H groups in total. The molecular weight excluding hydrogens is 403 g/mol. The Balaban J connectivity index is 1.68. The van der Waals surface area contributed by atoms with Gasteiger partial charge in [-0.15, -0.1) is 11.3 Å². The van der Waals surface area contributed by atoms with Crippen LogP contribution in [0.25, 0.3) is 0 Å². The summed E-state index contributed by atoms with van der Waals surface area (Å²) in [6.07, 6.45) is 1.70. The van der Waals surface area contributed by atoms with Crippen molar-refractivity contribution in [1.29, 1.82) is 0 Å². The van der Waals surface area contributed by atoms with Crippen LogP contribution in [0.5, 0.6) is 11.5 Å². The summed E-state index contributed by atoms with van der Waals surface area (Å²) in [7, 11) is 0. The first-order valence-corrected chi connectivity index (χ1v) is 8.66. The second-order valence-electron chi connectivity index (χ2n) is 4.64. The van der Waals surface area contributed by atoms with Crippen molar-refractivity contribution >= 4 is 44.6 Å². The summed E-state index contributed by atoms with van der Waals surface area (Å²) >= 11 is 10.5. The minimum Gasteiger partial charge on any atom is -0.454 e. The highest BCUT2D eigenvalue weighted by Crippen LogP contribution is 2.28. The van der Waals surface area contributed by atoms with E-state index in [1.165, 1.54) is 17.4 Å². The Morgan fingerprint density at radius 2 is 2.13 bits per heavy atom. The second-order valence-corrected chi connectivity index (χ2v) is 7.25. The molecule has 3 aromatic rings. The van der Waals surface area contributed by atoms with Crippen LogP contribution in [0.15, 0.2) is 53.1 Å². The molecule has 1 aromatic heterocycles. The molecule has 0 bridgehead atoms. The quantitative estimate of drug-likeness (QED) is 0.548. The number of anilines is 1. The van der Waals surface area contributed by atoms with Crippen molar-refractivity contribution < 1.29 is 9.13 Å². The van der Waals surface area contributed by atoms with E-state index in [2.05, 4.69) is 26.2 Å². The molecule has 0 aliphatic carbocycles. The fourth-order valence-corrected chi connectivity index (χ4v) is 3.20. The first-order valence-electron chi connectivity index (χ1n) is 6.67. The van der Waals surface area contributed by atoms with E-state index in [1.807, 2.05) is 12.1 Å². The molecule has 3 nitrogen and oxygen atoms in total. The molecule has 23 heavy (non-hydrogen) atoms. The van der Waals surface area contributed by atoms with Crippen LogP contribution < -0.4 is 10.1 Å². The maximum absolute atomic E-state index is 14.2. The molecular formula is C16H11BrClFN2OS. The van der Waals surface area contributed by atoms with Crippen molar-refractivity contribution in [2.24, 2.45) is 0 Å². The molecule has 0 amide bonds. The first kappa shape index (κ1) is 16.2. The molecule has 0 aliphatic rings. The summed E-state index contributed by atoms with van der Waals surface area (Å²) < 4.78 is 21.1. The van der Waals surface area contributed by atoms with Crippen molar-refractivity contribution in [2.75, 3.05) is 5.32 Å². The van der Waals surface area contributed by atoms with Crippen LogP contribution in [0, 0.1) is 5.82 Å². The van der Waals surface area contributed by atoms with Gasteiger partial charge in [-0.3, -0.25) is 0 Å². The normalized spacial score (nSPS) is 10.6. The molecule has 118 valence electrons. The molecule has 3 rings (SSSR count). The highest BCUT2D eigenvalue weighted by atomic mass is 79.9. The molecule has 0 atom stereocenters. The van der Waals surface area contributed by atoms with E-state index in [1.54, 1.807) is 30.5 Å². The van der Waals surface area contributed by atoms with Crippen LogP contribution in [0.4, 0.5) is 10.1 Å². The number of nitrogens with zero attached hydrogens (tertiary/aromatic N) is 1. The highest BCUT2D eigenvalue weighted by molar-refractivity contribution is 9.10. The third kappa shape index (κ3) is 4.43. The summed E-state index contributed by atoms with van der Waals surface area (Å²) in [4.78, 5) is 4.94. The van der Waals surface area contributed by atoms with Gasteiger partial charge in [0.05, 0.1) is 6.54 Å². The van der Waals surface area contributed by atoms with Gasteiger partial charge in [-0.05, 0) is 30.3 Å². The van der Waals surface area contributed by atoms with Crippen molar-refractivity contribution in [3.63, 3.8) is 0 Å². The van der Waals surface area contributed by atoms with Crippen LogP contribution >= 0.6 is 38.9 Å². The van der Waals surface area contributed by atoms with Gasteiger partial charge in [0.15, 0.2) is 16.0 Å². The lowest BCUT2D eigenvalue weighted by Crippen LogP contribution is -1.98. The third-order valence-corrected chi connectivity index (χ3v) is 4.56. The van der Waals surface area contributed by atoms with Crippen LogP contribution in [-0.2, 0) is 6.54 Å². The van der Waals surface area contributed by atoms with Crippen LogP contribution in [0.1, 0.15) is 4.88 Å². The van der Waals surface area contributed by atoms with Gasteiger partial charge in [0.1, 0.15) is 5.75 Å². The van der Waals surface area contributed by atoms with E-state index >= 15 is 0 Å². The van der Waals surface area contributed by atoms with Crippen LogP contribution in [0.2, 0.25) is 4.47 Å². The number of halogens is 3. The van der Waals surface area contributed by atoms with Gasteiger partial charge in [0.2, 0.25) is 0 Å². The molecule has 0 radical (unpaired) electrons. The zero-order valence-corrected chi connectivity index (χ0v) is 14.9. The number of thiazole rings is 1. The van der Waals surface area contributed by atoms with E-state index in [0.717, 1.165) is 9.35 Å². The predicted octanol–water partition coefficient (Wildman–Crippen LogP) is 6.10. The number of rotatable bonds is 5. The molecule has 0 fully saturated rings. The largest absolute Gasteiger partial charge is 0.454 e. The van der Waals surface area contributed by atoms with E-state index in [9.17, 15) is 4.39 Å². The summed E-state index contributed by atoms with van der Waals surface area (Å²) in [5.74, 6) is 0.310. The topological polar surface area (TPSA) is 34.2 Å². The van der Waals surface area contributed by atoms with Crippen LogP contribution in [-0.4, -0.2) is 4.98 Å². The highest BCUT2D eigenvalue weighted by Gasteiger charge is 2.07. The van der Waals surface area contributed by atoms with Gasteiger partial charge >= 0.3 is 0 Å². The van der Waals surface area contributed by atoms with Crippen molar-refractivity contribution in [2.45, 2.75) is 6.54 Å². The lowest BCUT2D eigenvalue weighted by Gasteiger charge is -2.09. The molecule has 0 saturated heterocycles. The maximum atomic E-state index is 14.2. The van der Waals surface area contributed by atoms with Gasteiger partial charge in [-0.25, -0.2) is 9.37 Å². The Kier molecular flexibility index (Phi) is 5.15.